The average Bonchev–Trinajstić information content (AvgIpc) is 3.48. The monoisotopic (exact) mass is 406 g/mol. The Morgan fingerprint density at radius 3 is 2.57 bits per heavy atom. The third-order valence-electron chi connectivity index (χ3n) is 6.96. The summed E-state index contributed by atoms with van der Waals surface area (Å²) < 4.78 is 0. The fourth-order valence-electron chi connectivity index (χ4n) is 5.28. The predicted octanol–water partition coefficient (Wildman–Crippen LogP) is 2.83. The number of carbonyl (C=O) groups is 1. The highest BCUT2D eigenvalue weighted by Crippen LogP contribution is 2.34. The minimum Gasteiger partial charge on any atom is -0.394 e. The molecule has 0 saturated carbocycles. The molecule has 2 aromatic rings. The molecular weight excluding hydrogens is 376 g/mol. The second kappa shape index (κ2) is 8.34. The fourth-order valence-corrected chi connectivity index (χ4v) is 5.28. The lowest BCUT2D eigenvalue weighted by Crippen LogP contribution is -2.45. The van der Waals surface area contributed by atoms with E-state index in [1.165, 1.54) is 11.3 Å². The third kappa shape index (κ3) is 3.58. The van der Waals surface area contributed by atoms with E-state index in [0.717, 1.165) is 81.8 Å². The Hall–Kier alpha value is -2.47. The number of hydrogen-bond donors (Lipinski definition) is 1. The molecule has 1 atom stereocenters. The molecule has 1 aromatic carbocycles. The van der Waals surface area contributed by atoms with E-state index in [4.69, 9.17) is 9.97 Å². The average molecular weight is 407 g/mol. The molecule has 5 rings (SSSR count). The Balaban J connectivity index is 1.34. The number of nitrogens with zero attached hydrogens (tertiary/aromatic N) is 4. The first-order valence-electron chi connectivity index (χ1n) is 11.4. The highest BCUT2D eigenvalue weighted by Gasteiger charge is 2.35. The quantitative estimate of drug-likeness (QED) is 0.846. The maximum absolute atomic E-state index is 13.0. The van der Waals surface area contributed by atoms with Crippen molar-refractivity contribution in [3.8, 4) is 11.4 Å². The van der Waals surface area contributed by atoms with E-state index in [1.54, 1.807) is 0 Å². The van der Waals surface area contributed by atoms with E-state index >= 15 is 0 Å². The SMILES string of the molecule is O=C(C1CCN(c2nc(-c3ccccc3)nc3c2CCC3)CC1)N1CCC[C@H]1CO. The summed E-state index contributed by atoms with van der Waals surface area (Å²) in [4.78, 5) is 27.2. The minimum atomic E-state index is 0.0223. The van der Waals surface area contributed by atoms with Crippen molar-refractivity contribution in [2.24, 2.45) is 5.92 Å². The van der Waals surface area contributed by atoms with Gasteiger partial charge in [0.25, 0.3) is 0 Å². The van der Waals surface area contributed by atoms with Crippen molar-refractivity contribution in [2.75, 3.05) is 31.1 Å². The van der Waals surface area contributed by atoms with Crippen LogP contribution in [0.3, 0.4) is 0 Å². The van der Waals surface area contributed by atoms with Crippen LogP contribution in [0.2, 0.25) is 0 Å². The van der Waals surface area contributed by atoms with Crippen molar-refractivity contribution in [1.29, 1.82) is 0 Å². The number of hydrogen-bond acceptors (Lipinski definition) is 5. The number of aryl methyl sites for hydroxylation is 1. The van der Waals surface area contributed by atoms with Gasteiger partial charge in [-0.1, -0.05) is 30.3 Å². The summed E-state index contributed by atoms with van der Waals surface area (Å²) in [7, 11) is 0. The van der Waals surface area contributed by atoms with Crippen LogP contribution < -0.4 is 4.90 Å². The lowest BCUT2D eigenvalue weighted by Gasteiger charge is -2.36. The van der Waals surface area contributed by atoms with Crippen LogP contribution in [0.15, 0.2) is 30.3 Å². The zero-order valence-corrected chi connectivity index (χ0v) is 17.5. The Labute approximate surface area is 177 Å². The number of aliphatic hydroxyl groups excluding tert-OH is 1. The number of anilines is 1. The Bertz CT molecular complexity index is 909. The van der Waals surface area contributed by atoms with Crippen molar-refractivity contribution in [2.45, 2.75) is 51.0 Å². The number of aliphatic hydroxyl groups is 1. The molecule has 30 heavy (non-hydrogen) atoms. The number of carbonyl (C=O) groups excluding carboxylic acids is 1. The smallest absolute Gasteiger partial charge is 0.226 e. The van der Waals surface area contributed by atoms with Gasteiger partial charge in [-0.15, -0.1) is 0 Å². The standard InChI is InChI=1S/C24H30N4O2/c29-16-19-8-5-13-28(19)24(30)18-11-14-27(15-12-18)23-20-9-4-10-21(20)25-22(26-23)17-6-2-1-3-7-17/h1-3,6-7,18-19,29H,4-5,8-16H2/t19-/m0/s1. The molecule has 0 bridgehead atoms. The van der Waals surface area contributed by atoms with Gasteiger partial charge in [0.15, 0.2) is 5.82 Å². The van der Waals surface area contributed by atoms with Crippen molar-refractivity contribution >= 4 is 11.7 Å². The molecule has 2 aliphatic heterocycles. The van der Waals surface area contributed by atoms with E-state index < -0.39 is 0 Å². The first kappa shape index (κ1) is 19.5. The summed E-state index contributed by atoms with van der Waals surface area (Å²) in [5.41, 5.74) is 3.56. The Morgan fingerprint density at radius 2 is 1.80 bits per heavy atom. The molecule has 6 heteroatoms. The van der Waals surface area contributed by atoms with Crippen molar-refractivity contribution in [3.05, 3.63) is 41.6 Å². The number of aromatic nitrogens is 2. The third-order valence-corrected chi connectivity index (χ3v) is 6.96. The van der Waals surface area contributed by atoms with Crippen molar-refractivity contribution in [1.82, 2.24) is 14.9 Å². The van der Waals surface area contributed by atoms with Crippen molar-refractivity contribution in [3.63, 3.8) is 0 Å². The predicted molar refractivity (Wildman–Crippen MR) is 116 cm³/mol. The van der Waals surface area contributed by atoms with Crippen LogP contribution in [0.1, 0.15) is 43.4 Å². The summed E-state index contributed by atoms with van der Waals surface area (Å²) in [6, 6.07) is 10.2. The second-order valence-electron chi connectivity index (χ2n) is 8.79. The molecule has 6 nitrogen and oxygen atoms in total. The topological polar surface area (TPSA) is 69.6 Å². The van der Waals surface area contributed by atoms with Crippen LogP contribution >= 0.6 is 0 Å². The highest BCUT2D eigenvalue weighted by atomic mass is 16.3. The lowest BCUT2D eigenvalue weighted by atomic mass is 9.94. The summed E-state index contributed by atoms with van der Waals surface area (Å²) >= 11 is 0. The molecule has 3 aliphatic rings. The molecule has 3 heterocycles. The number of likely N-dealkylation sites (tertiary alicyclic amines) is 1. The van der Waals surface area contributed by atoms with Gasteiger partial charge in [-0.25, -0.2) is 9.97 Å². The Kier molecular flexibility index (Phi) is 5.42. The fraction of sp³-hybridized carbons (Fsp3) is 0.542. The summed E-state index contributed by atoms with van der Waals surface area (Å²) in [5.74, 6) is 2.20. The first-order valence-corrected chi connectivity index (χ1v) is 11.4. The second-order valence-corrected chi connectivity index (χ2v) is 8.79. The van der Waals surface area contributed by atoms with Gasteiger partial charge in [0, 0.05) is 42.4 Å². The molecule has 0 spiro atoms. The Morgan fingerprint density at radius 1 is 1.00 bits per heavy atom. The van der Waals surface area contributed by atoms with Gasteiger partial charge in [0.2, 0.25) is 5.91 Å². The molecular formula is C24H30N4O2. The van der Waals surface area contributed by atoms with Crippen LogP contribution in [0.5, 0.6) is 0 Å². The summed E-state index contributed by atoms with van der Waals surface area (Å²) in [6.45, 7) is 2.58. The van der Waals surface area contributed by atoms with Gasteiger partial charge in [0.1, 0.15) is 5.82 Å². The number of benzene rings is 1. The van der Waals surface area contributed by atoms with Gasteiger partial charge < -0.3 is 14.9 Å². The number of rotatable bonds is 4. The van der Waals surface area contributed by atoms with Gasteiger partial charge in [-0.2, -0.15) is 0 Å². The zero-order chi connectivity index (χ0) is 20.5. The van der Waals surface area contributed by atoms with E-state index in [0.29, 0.717) is 0 Å². The highest BCUT2D eigenvalue weighted by molar-refractivity contribution is 5.80. The molecule has 1 aromatic heterocycles. The van der Waals surface area contributed by atoms with E-state index in [2.05, 4.69) is 17.0 Å². The number of fused-ring (bicyclic) bond motifs is 1. The largest absolute Gasteiger partial charge is 0.394 e. The molecule has 1 aliphatic carbocycles. The molecule has 2 saturated heterocycles. The van der Waals surface area contributed by atoms with E-state index in [1.807, 2.05) is 23.1 Å². The summed E-state index contributed by atoms with van der Waals surface area (Å²) in [6.07, 6.45) is 6.85. The maximum Gasteiger partial charge on any atom is 0.226 e. The van der Waals surface area contributed by atoms with E-state index in [9.17, 15) is 9.90 Å². The van der Waals surface area contributed by atoms with Crippen molar-refractivity contribution < 1.29 is 9.90 Å². The van der Waals surface area contributed by atoms with Gasteiger partial charge in [-0.3, -0.25) is 4.79 Å². The molecule has 1 N–H and O–H groups in total. The lowest BCUT2D eigenvalue weighted by molar-refractivity contribution is -0.137. The maximum atomic E-state index is 13.0. The first-order chi connectivity index (χ1) is 14.7. The molecule has 2 fully saturated rings. The molecule has 158 valence electrons. The van der Waals surface area contributed by atoms with Crippen LogP contribution in [-0.4, -0.2) is 58.2 Å². The number of amides is 1. The van der Waals surface area contributed by atoms with Crippen LogP contribution in [-0.2, 0) is 17.6 Å². The van der Waals surface area contributed by atoms with Crippen LogP contribution in [0.4, 0.5) is 5.82 Å². The van der Waals surface area contributed by atoms with E-state index in [-0.39, 0.29) is 24.5 Å². The van der Waals surface area contributed by atoms with Crippen LogP contribution in [0.25, 0.3) is 11.4 Å². The molecule has 0 radical (unpaired) electrons. The van der Waals surface area contributed by atoms with Gasteiger partial charge in [-0.05, 0) is 44.9 Å². The normalized spacial score (nSPS) is 21.8. The number of piperidine rings is 1. The molecule has 1 amide bonds. The minimum absolute atomic E-state index is 0.0223. The zero-order valence-electron chi connectivity index (χ0n) is 17.5. The van der Waals surface area contributed by atoms with Gasteiger partial charge in [0.05, 0.1) is 12.6 Å². The summed E-state index contributed by atoms with van der Waals surface area (Å²) in [5, 5.41) is 9.57. The van der Waals surface area contributed by atoms with Gasteiger partial charge >= 0.3 is 0 Å². The molecule has 0 unspecified atom stereocenters. The van der Waals surface area contributed by atoms with Crippen LogP contribution in [0, 0.1) is 5.92 Å².